The Bertz CT molecular complexity index is 1600. The minimum absolute atomic E-state index is 0.0517. The maximum absolute atomic E-state index is 12.9. The first-order valence-electron chi connectivity index (χ1n) is 13.0. The summed E-state index contributed by atoms with van der Waals surface area (Å²) in [6.45, 7) is 3.59. The van der Waals surface area contributed by atoms with Crippen LogP contribution in [0.3, 0.4) is 0 Å². The quantitative estimate of drug-likeness (QED) is 0.228. The summed E-state index contributed by atoms with van der Waals surface area (Å²) in [5.74, 6) is -0.785. The highest BCUT2D eigenvalue weighted by Crippen LogP contribution is 2.10. The fourth-order valence-corrected chi connectivity index (χ4v) is 4.33. The Morgan fingerprint density at radius 1 is 0.683 bits per heavy atom. The Hall–Kier alpha value is -5.26. The zero-order valence-electron chi connectivity index (χ0n) is 23.4. The molecule has 41 heavy (non-hydrogen) atoms. The molecule has 0 aliphatic rings. The van der Waals surface area contributed by atoms with E-state index in [4.69, 9.17) is 0 Å². The van der Waals surface area contributed by atoms with Gasteiger partial charge in [-0.05, 0) is 44.5 Å². The second-order valence-electron chi connectivity index (χ2n) is 9.39. The molecule has 12 heteroatoms. The lowest BCUT2D eigenvalue weighted by atomic mass is 10.2. The largest absolute Gasteiger partial charge is 0.285 e. The summed E-state index contributed by atoms with van der Waals surface area (Å²) in [5, 5.41) is 7.86. The van der Waals surface area contributed by atoms with Crippen molar-refractivity contribution in [3.05, 3.63) is 104 Å². The zero-order valence-corrected chi connectivity index (χ0v) is 23.4. The number of nitrogens with zero attached hydrogens (tertiary/aromatic N) is 6. The van der Waals surface area contributed by atoms with Gasteiger partial charge in [-0.15, -0.1) is 0 Å². The molecule has 2 amide bonds. The van der Waals surface area contributed by atoms with Crippen LogP contribution in [-0.2, 0) is 23.7 Å². The molecule has 0 aliphatic carbocycles. The van der Waals surface area contributed by atoms with Crippen LogP contribution in [0.25, 0.3) is 11.4 Å². The molecule has 0 bridgehead atoms. The van der Waals surface area contributed by atoms with Crippen molar-refractivity contribution in [3.8, 4) is 11.4 Å². The number of hydrogen-bond acceptors (Lipinski definition) is 6. The summed E-state index contributed by atoms with van der Waals surface area (Å²) >= 11 is 0. The molecule has 4 aromatic rings. The topological polar surface area (TPSA) is 137 Å². The third kappa shape index (κ3) is 6.32. The van der Waals surface area contributed by atoms with E-state index in [0.29, 0.717) is 22.5 Å². The summed E-state index contributed by atoms with van der Waals surface area (Å²) in [4.78, 5) is 50.2. The number of carbonyl (C=O) groups is 2. The fourth-order valence-electron chi connectivity index (χ4n) is 4.33. The third-order valence-corrected chi connectivity index (χ3v) is 6.77. The van der Waals surface area contributed by atoms with Gasteiger partial charge in [0.1, 0.15) is 0 Å². The van der Waals surface area contributed by atoms with Crippen LogP contribution in [0.2, 0.25) is 0 Å². The Balaban J connectivity index is 1.27. The van der Waals surface area contributed by atoms with Gasteiger partial charge in [-0.25, -0.2) is 20.2 Å². The molecule has 12 nitrogen and oxygen atoms in total. The number of rotatable bonds is 10. The molecule has 2 aromatic heterocycles. The van der Waals surface area contributed by atoms with Crippen LogP contribution < -0.4 is 22.0 Å². The average Bonchev–Trinajstić information content (AvgIpc) is 3.31. The fraction of sp³-hybridized carbons (Fsp3) is 0.241. The van der Waals surface area contributed by atoms with Crippen molar-refractivity contribution >= 4 is 24.2 Å². The van der Waals surface area contributed by atoms with Crippen molar-refractivity contribution in [1.29, 1.82) is 0 Å². The van der Waals surface area contributed by atoms with Gasteiger partial charge in [-0.3, -0.25) is 28.5 Å². The van der Waals surface area contributed by atoms with Crippen LogP contribution in [0.1, 0.15) is 41.8 Å². The molecule has 2 aromatic carbocycles. The van der Waals surface area contributed by atoms with Crippen molar-refractivity contribution in [1.82, 2.24) is 29.6 Å². The van der Waals surface area contributed by atoms with Crippen LogP contribution in [0.5, 0.6) is 0 Å². The molecule has 2 heterocycles. The van der Waals surface area contributed by atoms with E-state index < -0.39 is 11.8 Å². The molecule has 0 saturated heterocycles. The smallest absolute Gasteiger partial charge is 0.280 e. The van der Waals surface area contributed by atoms with E-state index in [1.165, 1.54) is 21.8 Å². The molecule has 0 spiro atoms. The summed E-state index contributed by atoms with van der Waals surface area (Å²) in [7, 11) is 3.55. The van der Waals surface area contributed by atoms with Gasteiger partial charge in [0, 0.05) is 38.3 Å². The van der Waals surface area contributed by atoms with E-state index in [2.05, 4.69) is 21.1 Å². The normalized spacial score (nSPS) is 11.4. The van der Waals surface area contributed by atoms with Crippen LogP contribution >= 0.6 is 0 Å². The first kappa shape index (κ1) is 28.7. The number of aromatic nitrogens is 4. The molecule has 2 N–H and O–H groups in total. The van der Waals surface area contributed by atoms with Gasteiger partial charge >= 0.3 is 0 Å². The second-order valence-corrected chi connectivity index (χ2v) is 9.39. The van der Waals surface area contributed by atoms with Crippen molar-refractivity contribution in [2.75, 3.05) is 0 Å². The third-order valence-electron chi connectivity index (χ3n) is 6.77. The lowest BCUT2D eigenvalue weighted by Gasteiger charge is -2.07. The van der Waals surface area contributed by atoms with Crippen LogP contribution in [0.4, 0.5) is 0 Å². The molecule has 0 aliphatic heterocycles. The first-order chi connectivity index (χ1) is 19.7. The second kappa shape index (κ2) is 12.7. The lowest BCUT2D eigenvalue weighted by molar-refractivity contribution is -0.122. The van der Waals surface area contributed by atoms with Crippen LogP contribution in [0, 0.1) is 13.8 Å². The number of amides is 2. The van der Waals surface area contributed by atoms with E-state index in [1.54, 1.807) is 37.3 Å². The predicted octanol–water partition coefficient (Wildman–Crippen LogP) is 2.05. The standard InChI is InChI=1S/C29H32N8O4/c1-20-24(28(40)36(34(20)3)22-12-7-5-8-13-22)18-30-32-26(38)16-11-17-27(39)33-31-19-25-21(2)35(4)37(29(25)41)23-14-9-6-10-15-23/h5-10,12-15,18-19H,11,16-17H2,1-4H3,(H,32,38)(H,33,39)/b30-18-,31-19+. The monoisotopic (exact) mass is 556 g/mol. The highest BCUT2D eigenvalue weighted by molar-refractivity contribution is 5.84. The number of benzene rings is 2. The van der Waals surface area contributed by atoms with Crippen molar-refractivity contribution in [3.63, 3.8) is 0 Å². The molecular weight excluding hydrogens is 524 g/mol. The lowest BCUT2D eigenvalue weighted by Crippen LogP contribution is -2.22. The zero-order chi connectivity index (χ0) is 29.5. The summed E-state index contributed by atoms with van der Waals surface area (Å²) in [6.07, 6.45) is 3.02. The van der Waals surface area contributed by atoms with Gasteiger partial charge in [-0.1, -0.05) is 36.4 Å². The van der Waals surface area contributed by atoms with E-state index in [9.17, 15) is 19.2 Å². The highest BCUT2D eigenvalue weighted by atomic mass is 16.2. The number of carbonyl (C=O) groups excluding carboxylic acids is 2. The van der Waals surface area contributed by atoms with Gasteiger partial charge in [0.15, 0.2) is 0 Å². The van der Waals surface area contributed by atoms with Gasteiger partial charge in [0.2, 0.25) is 11.8 Å². The maximum Gasteiger partial charge on any atom is 0.280 e. The van der Waals surface area contributed by atoms with E-state index in [-0.39, 0.29) is 30.4 Å². The Morgan fingerprint density at radius 2 is 1.05 bits per heavy atom. The Kier molecular flexibility index (Phi) is 8.92. The number of nitrogens with one attached hydrogen (secondary N) is 2. The molecule has 4 rings (SSSR count). The SMILES string of the molecule is Cc1c(/C=N\NC(=O)CCCC(=O)N/N=C/c2c(C)n(C)n(-c3ccccc3)c2=O)c(=O)n(-c2ccccc2)n1C. The number of hydrazone groups is 2. The molecule has 0 saturated carbocycles. The molecular formula is C29H32N8O4. The van der Waals surface area contributed by atoms with Gasteiger partial charge in [0.25, 0.3) is 11.1 Å². The maximum atomic E-state index is 12.9. The van der Waals surface area contributed by atoms with Crippen molar-refractivity contribution in [2.45, 2.75) is 33.1 Å². The molecule has 0 fully saturated rings. The van der Waals surface area contributed by atoms with Crippen molar-refractivity contribution < 1.29 is 9.59 Å². The number of para-hydroxylation sites is 2. The minimum atomic E-state index is -0.393. The van der Waals surface area contributed by atoms with E-state index in [0.717, 1.165) is 11.4 Å². The van der Waals surface area contributed by atoms with Crippen LogP contribution in [-0.4, -0.2) is 43.0 Å². The van der Waals surface area contributed by atoms with Crippen molar-refractivity contribution in [2.24, 2.45) is 24.3 Å². The first-order valence-corrected chi connectivity index (χ1v) is 13.0. The molecule has 0 radical (unpaired) electrons. The van der Waals surface area contributed by atoms with Gasteiger partial charge in [0.05, 0.1) is 34.9 Å². The predicted molar refractivity (Wildman–Crippen MR) is 157 cm³/mol. The minimum Gasteiger partial charge on any atom is -0.285 e. The summed E-state index contributed by atoms with van der Waals surface area (Å²) in [6, 6.07) is 18.4. The Morgan fingerprint density at radius 3 is 1.41 bits per heavy atom. The number of hydrogen-bond donors (Lipinski definition) is 2. The van der Waals surface area contributed by atoms with E-state index >= 15 is 0 Å². The molecule has 0 atom stereocenters. The summed E-state index contributed by atoms with van der Waals surface area (Å²) < 4.78 is 6.50. The van der Waals surface area contributed by atoms with E-state index in [1.807, 2.05) is 60.7 Å². The van der Waals surface area contributed by atoms with Gasteiger partial charge < -0.3 is 0 Å². The highest BCUT2D eigenvalue weighted by Gasteiger charge is 2.16. The van der Waals surface area contributed by atoms with Gasteiger partial charge in [-0.2, -0.15) is 10.2 Å². The average molecular weight is 557 g/mol. The molecule has 0 unspecified atom stereocenters. The van der Waals surface area contributed by atoms with Crippen LogP contribution in [0.15, 0.2) is 80.5 Å². The Labute approximate surface area is 236 Å². The summed E-state index contributed by atoms with van der Waals surface area (Å²) in [5.41, 5.74) is 7.83. The molecule has 212 valence electrons.